The van der Waals surface area contributed by atoms with E-state index in [0.29, 0.717) is 16.6 Å². The molecule has 1 saturated carbocycles. The monoisotopic (exact) mass is 421 g/mol. The van der Waals surface area contributed by atoms with Crippen LogP contribution in [0.2, 0.25) is 0 Å². The van der Waals surface area contributed by atoms with E-state index in [2.05, 4.69) is 32.6 Å². The van der Waals surface area contributed by atoms with Crippen LogP contribution in [0, 0.1) is 5.92 Å². The summed E-state index contributed by atoms with van der Waals surface area (Å²) in [5.74, 6) is 1.03. The molecule has 2 fully saturated rings. The van der Waals surface area contributed by atoms with Crippen LogP contribution in [0.15, 0.2) is 41.9 Å². The van der Waals surface area contributed by atoms with E-state index in [9.17, 15) is 4.79 Å². The fourth-order valence-electron chi connectivity index (χ4n) is 4.32. The SMILES string of the molecule is CC1CCCN(Cc2csc(NC(=O)c3cnn(-c4ccccc4)c3C3CC3)n2)C1. The summed E-state index contributed by atoms with van der Waals surface area (Å²) in [6.45, 7) is 5.43. The van der Waals surface area contributed by atoms with Gasteiger partial charge in [0.2, 0.25) is 0 Å². The Morgan fingerprint density at radius 3 is 2.83 bits per heavy atom. The summed E-state index contributed by atoms with van der Waals surface area (Å²) in [6, 6.07) is 10.0. The third-order valence-corrected chi connectivity index (χ3v) is 6.72. The highest BCUT2D eigenvalue weighted by Crippen LogP contribution is 2.42. The lowest BCUT2D eigenvalue weighted by Gasteiger charge is -2.30. The highest BCUT2D eigenvalue weighted by molar-refractivity contribution is 7.14. The van der Waals surface area contributed by atoms with Crippen LogP contribution in [0.3, 0.4) is 0 Å². The number of piperidine rings is 1. The van der Waals surface area contributed by atoms with E-state index >= 15 is 0 Å². The molecule has 5 rings (SSSR count). The fourth-order valence-corrected chi connectivity index (χ4v) is 5.01. The Morgan fingerprint density at radius 2 is 2.07 bits per heavy atom. The zero-order chi connectivity index (χ0) is 20.5. The second-order valence-corrected chi connectivity index (χ2v) is 9.40. The van der Waals surface area contributed by atoms with Gasteiger partial charge >= 0.3 is 0 Å². The van der Waals surface area contributed by atoms with Gasteiger partial charge in [0.25, 0.3) is 5.91 Å². The minimum Gasteiger partial charge on any atom is -0.298 e. The molecule has 1 aromatic carbocycles. The Balaban J connectivity index is 1.30. The number of hydrogen-bond donors (Lipinski definition) is 1. The van der Waals surface area contributed by atoms with Crippen molar-refractivity contribution < 1.29 is 4.79 Å². The minimum absolute atomic E-state index is 0.119. The van der Waals surface area contributed by atoms with Gasteiger partial charge in [-0.15, -0.1) is 11.3 Å². The first-order valence-electron chi connectivity index (χ1n) is 10.8. The summed E-state index contributed by atoms with van der Waals surface area (Å²) in [5, 5.41) is 10.3. The smallest absolute Gasteiger partial charge is 0.260 e. The Hall–Kier alpha value is -2.51. The molecule has 7 heteroatoms. The first-order chi connectivity index (χ1) is 14.7. The third kappa shape index (κ3) is 4.18. The van der Waals surface area contributed by atoms with Crippen LogP contribution >= 0.6 is 11.3 Å². The van der Waals surface area contributed by atoms with Crippen LogP contribution in [0.25, 0.3) is 5.69 Å². The molecule has 6 nitrogen and oxygen atoms in total. The van der Waals surface area contributed by atoms with E-state index in [1.54, 1.807) is 6.20 Å². The van der Waals surface area contributed by atoms with Gasteiger partial charge in [-0.2, -0.15) is 5.10 Å². The molecule has 1 N–H and O–H groups in total. The number of hydrogen-bond acceptors (Lipinski definition) is 5. The van der Waals surface area contributed by atoms with Crippen molar-refractivity contribution in [2.45, 2.75) is 45.1 Å². The molecule has 2 aromatic heterocycles. The molecule has 3 heterocycles. The number of amides is 1. The average molecular weight is 422 g/mol. The summed E-state index contributed by atoms with van der Waals surface area (Å²) >= 11 is 1.50. The molecule has 0 radical (unpaired) electrons. The largest absolute Gasteiger partial charge is 0.298 e. The molecule has 30 heavy (non-hydrogen) atoms. The zero-order valence-corrected chi connectivity index (χ0v) is 18.1. The molecule has 0 spiro atoms. The number of aromatic nitrogens is 3. The molecule has 1 saturated heterocycles. The molecule has 3 aromatic rings. The minimum atomic E-state index is -0.119. The maximum absolute atomic E-state index is 13.0. The van der Waals surface area contributed by atoms with Crippen LogP contribution in [-0.2, 0) is 6.54 Å². The molecule has 2 aliphatic rings. The lowest BCUT2D eigenvalue weighted by molar-refractivity contribution is 0.102. The molecular weight excluding hydrogens is 394 g/mol. The van der Waals surface area contributed by atoms with E-state index in [-0.39, 0.29) is 5.91 Å². The van der Waals surface area contributed by atoms with Crippen molar-refractivity contribution in [3.63, 3.8) is 0 Å². The molecule has 0 bridgehead atoms. The predicted molar refractivity (Wildman–Crippen MR) is 119 cm³/mol. The molecular formula is C23H27N5OS. The number of likely N-dealkylation sites (tertiary alicyclic amines) is 1. The lowest BCUT2D eigenvalue weighted by Crippen LogP contribution is -2.33. The van der Waals surface area contributed by atoms with E-state index in [0.717, 1.165) is 55.5 Å². The number of benzene rings is 1. The number of nitrogens with one attached hydrogen (secondary N) is 1. The van der Waals surface area contributed by atoms with E-state index in [4.69, 9.17) is 0 Å². The van der Waals surface area contributed by atoms with Gasteiger partial charge in [0.15, 0.2) is 5.13 Å². The van der Waals surface area contributed by atoms with Gasteiger partial charge in [0.1, 0.15) is 0 Å². The number of nitrogens with zero attached hydrogens (tertiary/aromatic N) is 4. The third-order valence-electron chi connectivity index (χ3n) is 5.91. The van der Waals surface area contributed by atoms with Crippen molar-refractivity contribution in [2.24, 2.45) is 5.92 Å². The first-order valence-corrected chi connectivity index (χ1v) is 11.7. The number of thiazole rings is 1. The van der Waals surface area contributed by atoms with Crippen molar-refractivity contribution in [3.05, 3.63) is 58.9 Å². The van der Waals surface area contributed by atoms with Gasteiger partial charge in [-0.25, -0.2) is 9.67 Å². The molecule has 1 atom stereocenters. The standard InChI is InChI=1S/C23H27N5OS/c1-16-6-5-11-27(13-16)14-18-15-30-23(25-18)26-22(29)20-12-24-28(21(20)17-9-10-17)19-7-3-2-4-8-19/h2-4,7-8,12,15-17H,5-6,9-11,13-14H2,1H3,(H,25,26,29). The second-order valence-electron chi connectivity index (χ2n) is 8.55. The summed E-state index contributed by atoms with van der Waals surface area (Å²) < 4.78 is 1.91. The van der Waals surface area contributed by atoms with Crippen LogP contribution in [0.1, 0.15) is 60.3 Å². The van der Waals surface area contributed by atoms with Crippen molar-refractivity contribution in [2.75, 3.05) is 18.4 Å². The zero-order valence-electron chi connectivity index (χ0n) is 17.3. The summed E-state index contributed by atoms with van der Waals surface area (Å²) in [6.07, 6.45) is 6.47. The van der Waals surface area contributed by atoms with Gasteiger partial charge in [0, 0.05) is 24.4 Å². The number of anilines is 1. The van der Waals surface area contributed by atoms with Crippen LogP contribution in [0.5, 0.6) is 0 Å². The van der Waals surface area contributed by atoms with Crippen molar-refractivity contribution in [1.82, 2.24) is 19.7 Å². The lowest BCUT2D eigenvalue weighted by atomic mass is 10.0. The van der Waals surface area contributed by atoms with Crippen LogP contribution in [-0.4, -0.2) is 38.7 Å². The number of rotatable bonds is 6. The van der Waals surface area contributed by atoms with Gasteiger partial charge in [-0.05, 0) is 50.3 Å². The predicted octanol–water partition coefficient (Wildman–Crippen LogP) is 4.69. The summed E-state index contributed by atoms with van der Waals surface area (Å²) in [7, 11) is 0. The van der Waals surface area contributed by atoms with Gasteiger partial charge < -0.3 is 0 Å². The summed E-state index contributed by atoms with van der Waals surface area (Å²) in [4.78, 5) is 20.2. The highest BCUT2D eigenvalue weighted by atomic mass is 32.1. The normalized spacial score (nSPS) is 19.7. The van der Waals surface area contributed by atoms with Crippen molar-refractivity contribution in [3.8, 4) is 5.69 Å². The molecule has 1 unspecified atom stereocenters. The molecule has 156 valence electrons. The maximum Gasteiger partial charge on any atom is 0.260 e. The van der Waals surface area contributed by atoms with Crippen LogP contribution < -0.4 is 5.32 Å². The van der Waals surface area contributed by atoms with E-state index < -0.39 is 0 Å². The Kier molecular flexibility index (Phi) is 5.39. The Morgan fingerprint density at radius 1 is 1.23 bits per heavy atom. The topological polar surface area (TPSA) is 63.1 Å². The quantitative estimate of drug-likeness (QED) is 0.627. The fraction of sp³-hybridized carbons (Fsp3) is 0.435. The molecule has 1 aliphatic carbocycles. The average Bonchev–Trinajstić information content (AvgIpc) is 3.34. The highest BCUT2D eigenvalue weighted by Gasteiger charge is 2.33. The van der Waals surface area contributed by atoms with E-state index in [1.807, 2.05) is 35.0 Å². The van der Waals surface area contributed by atoms with Gasteiger partial charge in [0.05, 0.1) is 28.8 Å². The van der Waals surface area contributed by atoms with Crippen LogP contribution in [0.4, 0.5) is 5.13 Å². The molecule has 1 aliphatic heterocycles. The number of carbonyl (C=O) groups excluding carboxylic acids is 1. The Bertz CT molecular complexity index is 1020. The maximum atomic E-state index is 13.0. The summed E-state index contributed by atoms with van der Waals surface area (Å²) in [5.41, 5.74) is 3.69. The van der Waals surface area contributed by atoms with Gasteiger partial charge in [-0.3, -0.25) is 15.0 Å². The Labute approximate surface area is 180 Å². The van der Waals surface area contributed by atoms with Gasteiger partial charge in [-0.1, -0.05) is 25.1 Å². The molecule has 1 amide bonds. The number of para-hydroxylation sites is 1. The first kappa shape index (κ1) is 19.5. The van der Waals surface area contributed by atoms with Crippen molar-refractivity contribution in [1.29, 1.82) is 0 Å². The van der Waals surface area contributed by atoms with Crippen molar-refractivity contribution >= 4 is 22.4 Å². The second kappa shape index (κ2) is 8.32. The van der Waals surface area contributed by atoms with E-state index in [1.165, 1.54) is 24.2 Å². The number of carbonyl (C=O) groups is 1.